The first-order valence-corrected chi connectivity index (χ1v) is 6.50. The van der Waals surface area contributed by atoms with E-state index in [0.29, 0.717) is 19.4 Å². The van der Waals surface area contributed by atoms with Gasteiger partial charge in [-0.2, -0.15) is 0 Å². The molecule has 0 aromatic rings. The molecule has 0 atom stereocenters. The predicted molar refractivity (Wildman–Crippen MR) is 71.3 cm³/mol. The number of unbranched alkanes of at least 4 members (excludes halogenated alkanes) is 1. The highest BCUT2D eigenvalue weighted by molar-refractivity contribution is 5.67. The van der Waals surface area contributed by atoms with Gasteiger partial charge in [0.15, 0.2) is 0 Å². The maximum absolute atomic E-state index is 9.90. The minimum Gasteiger partial charge on any atom is -0.481 e. The third-order valence-corrected chi connectivity index (χ3v) is 2.47. The molecule has 0 aromatic carbocycles. The van der Waals surface area contributed by atoms with Crippen LogP contribution < -0.4 is 5.48 Å². The van der Waals surface area contributed by atoms with Crippen LogP contribution in [0.4, 0.5) is 0 Å². The summed E-state index contributed by atoms with van der Waals surface area (Å²) >= 11 is 0. The average Bonchev–Trinajstić information content (AvgIpc) is 2.36. The van der Waals surface area contributed by atoms with Gasteiger partial charge in [0.05, 0.1) is 0 Å². The Bertz CT molecular complexity index is 216. The van der Waals surface area contributed by atoms with Gasteiger partial charge in [0, 0.05) is 25.9 Å². The zero-order chi connectivity index (χ0) is 15.1. The molecule has 0 spiro atoms. The predicted octanol–water partition coefficient (Wildman–Crippen LogP) is 1.02. The van der Waals surface area contributed by atoms with E-state index in [1.807, 2.05) is 0 Å². The summed E-state index contributed by atoms with van der Waals surface area (Å²) in [6.45, 7) is 7.91. The third-order valence-electron chi connectivity index (χ3n) is 2.47. The summed E-state index contributed by atoms with van der Waals surface area (Å²) in [5.74, 6) is -1.74. The summed E-state index contributed by atoms with van der Waals surface area (Å²) < 4.78 is 0. The van der Waals surface area contributed by atoms with Crippen molar-refractivity contribution < 1.29 is 25.0 Å². The van der Waals surface area contributed by atoms with Crippen LogP contribution in [0.25, 0.3) is 0 Å². The standard InChI is InChI=1S/C6H16N2O.C6H10O4/c1-3-8(4-2)6-5-7-9;7-5(8)3-1-2-4-6(9)10/h7,9H,3-6H2,1-2H3;1-4H2,(H,7,8)(H,9,10). The highest BCUT2D eigenvalue weighted by atomic mass is 16.5. The molecule has 0 fully saturated rings. The first-order chi connectivity index (χ1) is 8.97. The van der Waals surface area contributed by atoms with Crippen LogP contribution in [0.1, 0.15) is 39.5 Å². The molecule has 0 radical (unpaired) electrons. The van der Waals surface area contributed by atoms with E-state index in [2.05, 4.69) is 24.2 Å². The van der Waals surface area contributed by atoms with Crippen molar-refractivity contribution in [3.8, 4) is 0 Å². The quantitative estimate of drug-likeness (QED) is 0.349. The molecule has 0 rings (SSSR count). The minimum absolute atomic E-state index is 0.0628. The number of carboxylic acid groups (broad SMARTS) is 2. The number of carboxylic acids is 2. The number of likely N-dealkylation sites (N-methyl/N-ethyl adjacent to an activating group) is 1. The van der Waals surface area contributed by atoms with E-state index in [9.17, 15) is 9.59 Å². The second-order valence-electron chi connectivity index (χ2n) is 3.93. The van der Waals surface area contributed by atoms with Crippen LogP contribution in [0.2, 0.25) is 0 Å². The molecule has 0 bridgehead atoms. The number of carbonyl (C=O) groups is 2. The number of hydrogen-bond acceptors (Lipinski definition) is 5. The van der Waals surface area contributed by atoms with Gasteiger partial charge in [0.2, 0.25) is 0 Å². The smallest absolute Gasteiger partial charge is 0.303 e. The molecule has 0 aromatic heterocycles. The molecule has 114 valence electrons. The lowest BCUT2D eigenvalue weighted by Gasteiger charge is -2.16. The Labute approximate surface area is 114 Å². The highest BCUT2D eigenvalue weighted by Crippen LogP contribution is 1.98. The molecule has 0 unspecified atom stereocenters. The Hall–Kier alpha value is -1.18. The van der Waals surface area contributed by atoms with Crippen molar-refractivity contribution in [1.29, 1.82) is 0 Å². The third kappa shape index (κ3) is 19.3. The minimum atomic E-state index is -0.870. The SMILES string of the molecule is CCN(CC)CCNO.O=C(O)CCCCC(=O)O. The number of nitrogens with one attached hydrogen (secondary N) is 1. The van der Waals surface area contributed by atoms with E-state index in [4.69, 9.17) is 15.4 Å². The van der Waals surface area contributed by atoms with Crippen LogP contribution in [0.5, 0.6) is 0 Å². The zero-order valence-corrected chi connectivity index (χ0v) is 11.8. The molecule has 0 aliphatic carbocycles. The second-order valence-corrected chi connectivity index (χ2v) is 3.93. The molecule has 0 heterocycles. The van der Waals surface area contributed by atoms with Crippen molar-refractivity contribution in [2.45, 2.75) is 39.5 Å². The maximum atomic E-state index is 9.90. The van der Waals surface area contributed by atoms with Gasteiger partial charge < -0.3 is 20.3 Å². The summed E-state index contributed by atoms with van der Waals surface area (Å²) in [6, 6.07) is 0. The average molecular weight is 278 g/mol. The molecule has 4 N–H and O–H groups in total. The molecular weight excluding hydrogens is 252 g/mol. The summed E-state index contributed by atoms with van der Waals surface area (Å²) in [7, 11) is 0. The van der Waals surface area contributed by atoms with Crippen molar-refractivity contribution in [2.24, 2.45) is 0 Å². The topological polar surface area (TPSA) is 110 Å². The van der Waals surface area contributed by atoms with E-state index in [1.165, 1.54) is 0 Å². The van der Waals surface area contributed by atoms with Crippen molar-refractivity contribution >= 4 is 11.9 Å². The Balaban J connectivity index is 0. The fourth-order valence-corrected chi connectivity index (χ4v) is 1.30. The van der Waals surface area contributed by atoms with Gasteiger partial charge in [0.1, 0.15) is 0 Å². The molecule has 7 nitrogen and oxygen atoms in total. The van der Waals surface area contributed by atoms with Crippen LogP contribution in [-0.2, 0) is 9.59 Å². The second kappa shape index (κ2) is 14.9. The van der Waals surface area contributed by atoms with Crippen LogP contribution in [-0.4, -0.2) is 58.4 Å². The van der Waals surface area contributed by atoms with Crippen LogP contribution >= 0.6 is 0 Å². The zero-order valence-electron chi connectivity index (χ0n) is 11.8. The largest absolute Gasteiger partial charge is 0.481 e. The Morgan fingerprint density at radius 1 is 1.00 bits per heavy atom. The number of hydroxylamine groups is 1. The fourth-order valence-electron chi connectivity index (χ4n) is 1.30. The van der Waals surface area contributed by atoms with E-state index in [0.717, 1.165) is 19.6 Å². The summed E-state index contributed by atoms with van der Waals surface area (Å²) in [5.41, 5.74) is 2.13. The summed E-state index contributed by atoms with van der Waals surface area (Å²) in [6.07, 6.45) is 1.02. The van der Waals surface area contributed by atoms with Crippen LogP contribution in [0, 0.1) is 0 Å². The van der Waals surface area contributed by atoms with E-state index >= 15 is 0 Å². The molecule has 0 amide bonds. The monoisotopic (exact) mass is 278 g/mol. The van der Waals surface area contributed by atoms with Gasteiger partial charge in [-0.05, 0) is 25.9 Å². The number of hydrogen-bond donors (Lipinski definition) is 4. The van der Waals surface area contributed by atoms with Crippen molar-refractivity contribution in [3.05, 3.63) is 0 Å². The van der Waals surface area contributed by atoms with E-state index < -0.39 is 11.9 Å². The van der Waals surface area contributed by atoms with Crippen LogP contribution in [0.15, 0.2) is 0 Å². The first-order valence-electron chi connectivity index (χ1n) is 6.50. The molecular formula is C12H26N2O5. The number of aliphatic carboxylic acids is 2. The lowest BCUT2D eigenvalue weighted by molar-refractivity contribution is -0.139. The highest BCUT2D eigenvalue weighted by Gasteiger charge is 1.99. The normalized spacial score (nSPS) is 9.89. The molecule has 0 saturated heterocycles. The summed E-state index contributed by atoms with van der Waals surface area (Å²) in [5, 5.41) is 24.5. The van der Waals surface area contributed by atoms with Crippen LogP contribution in [0.3, 0.4) is 0 Å². The first kappa shape index (κ1) is 20.1. The molecule has 7 heteroatoms. The fraction of sp³-hybridized carbons (Fsp3) is 0.833. The Morgan fingerprint density at radius 2 is 1.42 bits per heavy atom. The molecule has 19 heavy (non-hydrogen) atoms. The van der Waals surface area contributed by atoms with Crippen molar-refractivity contribution in [1.82, 2.24) is 10.4 Å². The summed E-state index contributed by atoms with van der Waals surface area (Å²) in [4.78, 5) is 22.0. The maximum Gasteiger partial charge on any atom is 0.303 e. The van der Waals surface area contributed by atoms with Gasteiger partial charge >= 0.3 is 11.9 Å². The Morgan fingerprint density at radius 3 is 1.68 bits per heavy atom. The molecule has 0 saturated carbocycles. The molecule has 0 aliphatic rings. The lowest BCUT2D eigenvalue weighted by Crippen LogP contribution is -2.30. The van der Waals surface area contributed by atoms with E-state index in [1.54, 1.807) is 0 Å². The van der Waals surface area contributed by atoms with Gasteiger partial charge in [-0.3, -0.25) is 9.59 Å². The van der Waals surface area contributed by atoms with Gasteiger partial charge in [-0.15, -0.1) is 0 Å². The van der Waals surface area contributed by atoms with Gasteiger partial charge in [0.25, 0.3) is 0 Å². The number of rotatable bonds is 10. The lowest BCUT2D eigenvalue weighted by atomic mass is 10.2. The van der Waals surface area contributed by atoms with Crippen molar-refractivity contribution in [2.75, 3.05) is 26.2 Å². The van der Waals surface area contributed by atoms with E-state index in [-0.39, 0.29) is 12.8 Å². The van der Waals surface area contributed by atoms with Crippen molar-refractivity contribution in [3.63, 3.8) is 0 Å². The Kier molecular flexibility index (Phi) is 15.8. The van der Waals surface area contributed by atoms with Gasteiger partial charge in [-0.25, -0.2) is 5.48 Å². The van der Waals surface area contributed by atoms with Gasteiger partial charge in [-0.1, -0.05) is 13.8 Å². The molecule has 0 aliphatic heterocycles. The number of nitrogens with zero attached hydrogens (tertiary/aromatic N) is 1.